The Labute approximate surface area is 244 Å². The summed E-state index contributed by atoms with van der Waals surface area (Å²) in [6.45, 7) is 5.57. The molecule has 7 rings (SSSR count). The maximum Gasteiger partial charge on any atom is 0.263 e. The highest BCUT2D eigenvalue weighted by Gasteiger charge is 2.29. The van der Waals surface area contributed by atoms with E-state index in [1.807, 2.05) is 24.3 Å². The van der Waals surface area contributed by atoms with Gasteiger partial charge in [0.05, 0.1) is 11.6 Å². The molecule has 4 aromatic rings. The summed E-state index contributed by atoms with van der Waals surface area (Å²) in [4.78, 5) is 39.5. The second kappa shape index (κ2) is 11.5. The van der Waals surface area contributed by atoms with Crippen LogP contribution in [0.4, 0.5) is 23.0 Å². The van der Waals surface area contributed by atoms with Crippen LogP contribution in [0.25, 0.3) is 11.0 Å². The van der Waals surface area contributed by atoms with E-state index in [1.165, 1.54) is 5.69 Å². The zero-order chi connectivity index (χ0) is 28.5. The smallest absolute Gasteiger partial charge is 0.263 e. The third-order valence-corrected chi connectivity index (χ3v) is 8.60. The Morgan fingerprint density at radius 2 is 1.81 bits per heavy atom. The molecule has 2 aromatic heterocycles. The van der Waals surface area contributed by atoms with E-state index in [9.17, 15) is 9.59 Å². The minimum absolute atomic E-state index is 0.116. The van der Waals surface area contributed by atoms with E-state index in [1.54, 1.807) is 16.8 Å². The summed E-state index contributed by atoms with van der Waals surface area (Å²) < 4.78 is 7.18. The van der Waals surface area contributed by atoms with Crippen molar-refractivity contribution < 1.29 is 9.53 Å². The normalized spacial score (nSPS) is 19.2. The van der Waals surface area contributed by atoms with Crippen molar-refractivity contribution in [1.82, 2.24) is 19.9 Å². The second-order valence-corrected chi connectivity index (χ2v) is 11.3. The third-order valence-electron chi connectivity index (χ3n) is 8.60. The van der Waals surface area contributed by atoms with Crippen LogP contribution in [0.5, 0.6) is 0 Å². The summed E-state index contributed by atoms with van der Waals surface area (Å²) in [5.74, 6) is 0.0710. The molecule has 216 valence electrons. The molecule has 5 heterocycles. The first-order chi connectivity index (χ1) is 20.6. The predicted molar refractivity (Wildman–Crippen MR) is 164 cm³/mol. The first-order valence-corrected chi connectivity index (χ1v) is 14.8. The molecule has 10 nitrogen and oxygen atoms in total. The Morgan fingerprint density at radius 3 is 2.62 bits per heavy atom. The largest absolute Gasteiger partial charge is 0.383 e. The molecule has 0 spiro atoms. The molecule has 3 aliphatic heterocycles. The Bertz CT molecular complexity index is 1660. The van der Waals surface area contributed by atoms with Crippen LogP contribution in [0.3, 0.4) is 0 Å². The lowest BCUT2D eigenvalue weighted by Crippen LogP contribution is -2.43. The number of Topliss-reactive ketones (excluding diaryl/α,β-unsaturated/α-hetero) is 1. The molecule has 1 unspecified atom stereocenters. The molecule has 1 atom stereocenters. The number of nitrogens with zero attached hydrogens (tertiary/aromatic N) is 4. The molecule has 0 radical (unpaired) electrons. The van der Waals surface area contributed by atoms with E-state index in [2.05, 4.69) is 50.1 Å². The number of para-hydroxylation sites is 1. The molecule has 0 aliphatic carbocycles. The molecular formula is C32H35N7O3. The topological polar surface area (TPSA) is 113 Å². The van der Waals surface area contributed by atoms with Crippen LogP contribution in [0.15, 0.2) is 65.6 Å². The average molecular weight is 566 g/mol. The van der Waals surface area contributed by atoms with Crippen LogP contribution < -0.4 is 26.4 Å². The highest BCUT2D eigenvalue weighted by Crippen LogP contribution is 2.30. The number of pyridine rings is 1. The highest BCUT2D eigenvalue weighted by molar-refractivity contribution is 6.00. The van der Waals surface area contributed by atoms with Crippen molar-refractivity contribution in [3.05, 3.63) is 82.3 Å². The number of ketones is 1. The number of nitrogens with one attached hydrogen (secondary N) is 3. The van der Waals surface area contributed by atoms with Gasteiger partial charge in [0.25, 0.3) is 5.56 Å². The highest BCUT2D eigenvalue weighted by atomic mass is 16.5. The Morgan fingerprint density at radius 1 is 1.02 bits per heavy atom. The maximum atomic E-state index is 14.1. The van der Waals surface area contributed by atoms with Gasteiger partial charge in [-0.1, -0.05) is 18.2 Å². The van der Waals surface area contributed by atoms with Crippen molar-refractivity contribution >= 4 is 39.8 Å². The van der Waals surface area contributed by atoms with Gasteiger partial charge in [-0.25, -0.2) is 4.98 Å². The molecule has 42 heavy (non-hydrogen) atoms. The van der Waals surface area contributed by atoms with Crippen LogP contribution in [-0.4, -0.2) is 66.3 Å². The van der Waals surface area contributed by atoms with E-state index in [-0.39, 0.29) is 28.9 Å². The van der Waals surface area contributed by atoms with Crippen LogP contribution in [0, 0.1) is 5.92 Å². The van der Waals surface area contributed by atoms with Gasteiger partial charge in [-0.15, -0.1) is 0 Å². The molecule has 2 aromatic carbocycles. The fraction of sp³-hybridized carbons (Fsp3) is 0.375. The summed E-state index contributed by atoms with van der Waals surface area (Å²) in [7, 11) is 0. The lowest BCUT2D eigenvalue weighted by Gasteiger charge is -2.29. The first-order valence-electron chi connectivity index (χ1n) is 14.8. The van der Waals surface area contributed by atoms with E-state index in [0.717, 1.165) is 43.1 Å². The quantitative estimate of drug-likeness (QED) is 0.301. The molecule has 3 N–H and O–H groups in total. The molecule has 0 saturated carbocycles. The number of hydrogen-bond acceptors (Lipinski definition) is 9. The lowest BCUT2D eigenvalue weighted by atomic mass is 9.91. The number of hydrogen-bond donors (Lipinski definition) is 3. The van der Waals surface area contributed by atoms with Gasteiger partial charge in [0.2, 0.25) is 5.95 Å². The molecule has 0 amide bonds. The summed E-state index contributed by atoms with van der Waals surface area (Å²) >= 11 is 0. The van der Waals surface area contributed by atoms with Gasteiger partial charge in [0, 0.05) is 80.5 Å². The number of carbonyl (C=O) groups excluding carboxylic acids is 1. The standard InChI is InChI=1S/C32H35N7O3/c40-29(21-9-15-42-16-10-21)27-18-23-19-35-32(36-24-5-7-25(8-6-24)38-13-11-33-12-14-38)37-30(23)39(31(27)41)26-17-22-3-1-2-4-28(22)34-20-26/h1-8,18-19,21,26,33-34H,9-17,20H2,(H,35,36,37). The predicted octanol–water partition coefficient (Wildman–Crippen LogP) is 3.76. The molecule has 0 bridgehead atoms. The molecule has 2 fully saturated rings. The number of carbonyl (C=O) groups is 1. The van der Waals surface area contributed by atoms with E-state index < -0.39 is 0 Å². The van der Waals surface area contributed by atoms with Gasteiger partial charge in [-0.05, 0) is 61.2 Å². The van der Waals surface area contributed by atoms with Gasteiger partial charge < -0.3 is 25.6 Å². The molecule has 2 saturated heterocycles. The zero-order valence-electron chi connectivity index (χ0n) is 23.5. The van der Waals surface area contributed by atoms with Crippen LogP contribution in [0.1, 0.15) is 34.8 Å². The fourth-order valence-corrected chi connectivity index (χ4v) is 6.29. The maximum absolute atomic E-state index is 14.1. The summed E-state index contributed by atoms with van der Waals surface area (Å²) in [6.07, 6.45) is 3.62. The summed E-state index contributed by atoms with van der Waals surface area (Å²) in [5.41, 5.74) is 4.68. The SMILES string of the molecule is O=C(c1cc2cnc(Nc3ccc(N4CCNCC4)cc3)nc2n(C2CNc3ccccc3C2)c1=O)C1CCOCC1. The average Bonchev–Trinajstić information content (AvgIpc) is 3.05. The Kier molecular flexibility index (Phi) is 7.31. The second-order valence-electron chi connectivity index (χ2n) is 11.3. The number of ether oxygens (including phenoxy) is 1. The fourth-order valence-electron chi connectivity index (χ4n) is 6.29. The number of benzene rings is 2. The van der Waals surface area contributed by atoms with E-state index >= 15 is 0 Å². The number of fused-ring (bicyclic) bond motifs is 2. The zero-order valence-corrected chi connectivity index (χ0v) is 23.5. The van der Waals surface area contributed by atoms with Crippen LogP contribution >= 0.6 is 0 Å². The molecule has 10 heteroatoms. The van der Waals surface area contributed by atoms with Crippen molar-refractivity contribution in [1.29, 1.82) is 0 Å². The van der Waals surface area contributed by atoms with E-state index in [4.69, 9.17) is 9.72 Å². The van der Waals surface area contributed by atoms with Crippen molar-refractivity contribution in [3.8, 4) is 0 Å². The number of rotatable bonds is 6. The number of aromatic nitrogens is 3. The summed E-state index contributed by atoms with van der Waals surface area (Å²) in [6, 6.07) is 17.9. The minimum Gasteiger partial charge on any atom is -0.383 e. The minimum atomic E-state index is -0.296. The van der Waals surface area contributed by atoms with Crippen LogP contribution in [0.2, 0.25) is 0 Å². The van der Waals surface area contributed by atoms with Gasteiger partial charge >= 0.3 is 0 Å². The van der Waals surface area contributed by atoms with Crippen molar-refractivity contribution in [3.63, 3.8) is 0 Å². The van der Waals surface area contributed by atoms with Crippen molar-refractivity contribution in [2.24, 2.45) is 5.92 Å². The Hall–Kier alpha value is -4.28. The van der Waals surface area contributed by atoms with Gasteiger partial charge in [0.15, 0.2) is 5.78 Å². The van der Waals surface area contributed by atoms with Gasteiger partial charge in [0.1, 0.15) is 5.65 Å². The van der Waals surface area contributed by atoms with Crippen LogP contribution in [-0.2, 0) is 11.2 Å². The van der Waals surface area contributed by atoms with Crippen molar-refractivity contribution in [2.45, 2.75) is 25.3 Å². The number of anilines is 4. The summed E-state index contributed by atoms with van der Waals surface area (Å²) in [5, 5.41) is 10.8. The number of piperazine rings is 1. The lowest BCUT2D eigenvalue weighted by molar-refractivity contribution is 0.0543. The monoisotopic (exact) mass is 565 g/mol. The molecule has 3 aliphatic rings. The first kappa shape index (κ1) is 26.6. The van der Waals surface area contributed by atoms with Gasteiger partial charge in [-0.3, -0.25) is 14.2 Å². The molecular weight excluding hydrogens is 530 g/mol. The van der Waals surface area contributed by atoms with Crippen molar-refractivity contribution in [2.75, 3.05) is 61.5 Å². The Balaban J connectivity index is 1.25. The third kappa shape index (κ3) is 5.23. The van der Waals surface area contributed by atoms with Gasteiger partial charge in [-0.2, -0.15) is 4.98 Å². The van der Waals surface area contributed by atoms with E-state index in [0.29, 0.717) is 56.0 Å².